The highest BCUT2D eigenvalue weighted by atomic mass is 32.1. The van der Waals surface area contributed by atoms with Crippen LogP contribution < -0.4 is 0 Å². The summed E-state index contributed by atoms with van der Waals surface area (Å²) >= 11 is 5.32. The summed E-state index contributed by atoms with van der Waals surface area (Å²) in [5.41, 5.74) is 1.31. The molecule has 23 heavy (non-hydrogen) atoms. The maximum absolute atomic E-state index is 10.3. The zero-order chi connectivity index (χ0) is 16.6. The van der Waals surface area contributed by atoms with E-state index >= 15 is 0 Å². The first kappa shape index (κ1) is 16.0. The normalized spacial score (nSPS) is 18.0. The number of aromatic hydroxyl groups is 2. The Morgan fingerprint density at radius 2 is 2.17 bits per heavy atom. The fraction of sp³-hybridized carbons (Fsp3) is 0.500. The second-order valence-electron chi connectivity index (χ2n) is 6.18. The molecule has 1 unspecified atom stereocenters. The van der Waals surface area contributed by atoms with Gasteiger partial charge in [-0.05, 0) is 42.6 Å². The summed E-state index contributed by atoms with van der Waals surface area (Å²) in [6.07, 6.45) is 2.15. The van der Waals surface area contributed by atoms with E-state index in [1.165, 1.54) is 6.07 Å². The molecule has 1 aliphatic rings. The molecule has 0 spiro atoms. The van der Waals surface area contributed by atoms with E-state index in [4.69, 9.17) is 17.0 Å². The number of aromatic amines is 1. The molecule has 1 aromatic carbocycles. The Balaban J connectivity index is 2.05. The fourth-order valence-electron chi connectivity index (χ4n) is 2.92. The summed E-state index contributed by atoms with van der Waals surface area (Å²) in [6.45, 7) is 5.34. The molecule has 3 rings (SSSR count). The number of rotatable bonds is 4. The first-order valence-corrected chi connectivity index (χ1v) is 8.21. The van der Waals surface area contributed by atoms with Gasteiger partial charge in [-0.1, -0.05) is 13.8 Å². The maximum Gasteiger partial charge on any atom is 0.195 e. The lowest BCUT2D eigenvalue weighted by molar-refractivity contribution is 0.0969. The van der Waals surface area contributed by atoms with Gasteiger partial charge in [0.2, 0.25) is 0 Å². The van der Waals surface area contributed by atoms with Crippen LogP contribution in [0.15, 0.2) is 12.1 Å². The predicted octanol–water partition coefficient (Wildman–Crippen LogP) is 3.32. The van der Waals surface area contributed by atoms with E-state index in [1.807, 2.05) is 18.4 Å². The molecule has 1 saturated heterocycles. The van der Waals surface area contributed by atoms with Gasteiger partial charge in [-0.3, -0.25) is 9.67 Å². The van der Waals surface area contributed by atoms with E-state index in [0.717, 1.165) is 25.0 Å². The molecule has 1 atom stereocenters. The second-order valence-corrected chi connectivity index (χ2v) is 6.57. The molecule has 0 saturated carbocycles. The van der Waals surface area contributed by atoms with Gasteiger partial charge in [0.15, 0.2) is 10.6 Å². The molecule has 2 heterocycles. The van der Waals surface area contributed by atoms with Gasteiger partial charge in [0.1, 0.15) is 11.5 Å². The molecule has 2 aromatic rings. The zero-order valence-corrected chi connectivity index (χ0v) is 14.1. The molecule has 1 fully saturated rings. The average Bonchev–Trinajstić information content (AvgIpc) is 3.11. The third-order valence-electron chi connectivity index (χ3n) is 4.18. The molecule has 3 N–H and O–H groups in total. The van der Waals surface area contributed by atoms with Crippen molar-refractivity contribution < 1.29 is 14.9 Å². The highest BCUT2D eigenvalue weighted by molar-refractivity contribution is 7.71. The first-order chi connectivity index (χ1) is 11.0. The average molecular weight is 335 g/mol. The van der Waals surface area contributed by atoms with Gasteiger partial charge in [-0.15, -0.1) is 0 Å². The summed E-state index contributed by atoms with van der Waals surface area (Å²) in [5.74, 6) is 0.753. The van der Waals surface area contributed by atoms with Crippen molar-refractivity contribution in [1.82, 2.24) is 14.8 Å². The molecular weight excluding hydrogens is 314 g/mol. The Kier molecular flexibility index (Phi) is 4.41. The molecule has 6 nitrogen and oxygen atoms in total. The van der Waals surface area contributed by atoms with Crippen LogP contribution in [0, 0.1) is 4.77 Å². The van der Waals surface area contributed by atoms with E-state index < -0.39 is 0 Å². The van der Waals surface area contributed by atoms with Crippen molar-refractivity contribution in [3.05, 3.63) is 22.5 Å². The molecule has 0 amide bonds. The Morgan fingerprint density at radius 3 is 2.83 bits per heavy atom. The monoisotopic (exact) mass is 335 g/mol. The van der Waals surface area contributed by atoms with Crippen LogP contribution in [0.4, 0.5) is 0 Å². The Morgan fingerprint density at radius 1 is 1.39 bits per heavy atom. The van der Waals surface area contributed by atoms with Crippen LogP contribution in [0.1, 0.15) is 38.2 Å². The van der Waals surface area contributed by atoms with Crippen molar-refractivity contribution in [2.75, 3.05) is 6.61 Å². The lowest BCUT2D eigenvalue weighted by Crippen LogP contribution is -2.16. The van der Waals surface area contributed by atoms with Crippen LogP contribution in [0.3, 0.4) is 0 Å². The largest absolute Gasteiger partial charge is 0.508 e. The smallest absolute Gasteiger partial charge is 0.195 e. The lowest BCUT2D eigenvalue weighted by atomic mass is 9.98. The molecule has 1 aromatic heterocycles. The van der Waals surface area contributed by atoms with Gasteiger partial charge in [0.05, 0.1) is 18.2 Å². The van der Waals surface area contributed by atoms with E-state index in [-0.39, 0.29) is 23.5 Å². The Bertz CT molecular complexity index is 760. The van der Waals surface area contributed by atoms with Gasteiger partial charge in [0.25, 0.3) is 0 Å². The summed E-state index contributed by atoms with van der Waals surface area (Å²) in [5, 5.41) is 27.3. The first-order valence-electron chi connectivity index (χ1n) is 7.80. The van der Waals surface area contributed by atoms with Crippen molar-refractivity contribution in [3.63, 3.8) is 0 Å². The van der Waals surface area contributed by atoms with Crippen molar-refractivity contribution in [3.8, 4) is 22.9 Å². The van der Waals surface area contributed by atoms with E-state index in [2.05, 4.69) is 10.2 Å². The second kappa shape index (κ2) is 6.33. The Hall–Kier alpha value is -1.86. The SMILES string of the molecule is CC(C)c1cc(-c2n[nH]c(=S)n2CC2CCCO2)c(O)cc1O. The van der Waals surface area contributed by atoms with Crippen LogP contribution in [-0.4, -0.2) is 37.7 Å². The minimum absolute atomic E-state index is 0.0190. The molecule has 1 aliphatic heterocycles. The number of benzene rings is 1. The summed E-state index contributed by atoms with van der Waals surface area (Å²) in [4.78, 5) is 0. The van der Waals surface area contributed by atoms with Gasteiger partial charge >= 0.3 is 0 Å². The van der Waals surface area contributed by atoms with Crippen molar-refractivity contribution in [2.24, 2.45) is 0 Å². The topological polar surface area (TPSA) is 83.3 Å². The van der Waals surface area contributed by atoms with Crippen LogP contribution in [0.5, 0.6) is 11.5 Å². The van der Waals surface area contributed by atoms with Crippen LogP contribution in [0.25, 0.3) is 11.4 Å². The van der Waals surface area contributed by atoms with Crippen LogP contribution >= 0.6 is 12.2 Å². The summed E-state index contributed by atoms with van der Waals surface area (Å²) in [6, 6.07) is 3.13. The maximum atomic E-state index is 10.3. The highest BCUT2D eigenvalue weighted by Gasteiger charge is 2.21. The van der Waals surface area contributed by atoms with E-state index in [0.29, 0.717) is 22.7 Å². The standard InChI is InChI=1S/C16H21N3O3S/c1-9(2)11-6-12(14(21)7-13(11)20)15-17-18-16(23)19(15)8-10-4-3-5-22-10/h6-7,9-10,20-21H,3-5,8H2,1-2H3,(H,18,23). The van der Waals surface area contributed by atoms with Crippen LogP contribution in [-0.2, 0) is 11.3 Å². The number of nitrogens with one attached hydrogen (secondary N) is 1. The number of nitrogens with zero attached hydrogens (tertiary/aromatic N) is 2. The third kappa shape index (κ3) is 3.11. The number of phenols is 2. The van der Waals surface area contributed by atoms with Gasteiger partial charge < -0.3 is 14.9 Å². The fourth-order valence-corrected chi connectivity index (χ4v) is 3.13. The minimum atomic E-state index is -0.0190. The minimum Gasteiger partial charge on any atom is -0.508 e. The quantitative estimate of drug-likeness (QED) is 0.747. The van der Waals surface area contributed by atoms with Gasteiger partial charge in [0, 0.05) is 12.7 Å². The summed E-state index contributed by atoms with van der Waals surface area (Å²) < 4.78 is 8.02. The number of ether oxygens (including phenoxy) is 1. The molecule has 0 bridgehead atoms. The third-order valence-corrected chi connectivity index (χ3v) is 4.49. The molecule has 0 aliphatic carbocycles. The van der Waals surface area contributed by atoms with Gasteiger partial charge in [-0.25, -0.2) is 0 Å². The zero-order valence-electron chi connectivity index (χ0n) is 13.2. The van der Waals surface area contributed by atoms with Crippen molar-refractivity contribution in [2.45, 2.75) is 45.3 Å². The highest BCUT2D eigenvalue weighted by Crippen LogP contribution is 2.37. The van der Waals surface area contributed by atoms with Crippen molar-refractivity contribution in [1.29, 1.82) is 0 Å². The molecule has 0 radical (unpaired) electrons. The number of hydrogen-bond acceptors (Lipinski definition) is 5. The molecule has 124 valence electrons. The van der Waals surface area contributed by atoms with Crippen molar-refractivity contribution >= 4 is 12.2 Å². The number of phenolic OH excluding ortho intramolecular Hbond substituents is 2. The van der Waals surface area contributed by atoms with Crippen LogP contribution in [0.2, 0.25) is 0 Å². The van der Waals surface area contributed by atoms with E-state index in [9.17, 15) is 10.2 Å². The molecule has 7 heteroatoms. The lowest BCUT2D eigenvalue weighted by Gasteiger charge is -2.15. The predicted molar refractivity (Wildman–Crippen MR) is 89.2 cm³/mol. The summed E-state index contributed by atoms with van der Waals surface area (Å²) in [7, 11) is 0. The number of H-pyrrole nitrogens is 1. The molecular formula is C16H21N3O3S. The van der Waals surface area contributed by atoms with Gasteiger partial charge in [-0.2, -0.15) is 5.10 Å². The Labute approximate surface area is 139 Å². The number of aromatic nitrogens is 3. The van der Waals surface area contributed by atoms with E-state index in [1.54, 1.807) is 6.07 Å². The number of hydrogen-bond donors (Lipinski definition) is 3.